The first kappa shape index (κ1) is 14.4. The SMILES string of the molecule is Cc1cc(C)c(O)c(NS(=O)(=O)c2sccc2Br)c1. The number of phenolic OH excluding ortho intramolecular Hbond substituents is 1. The molecule has 0 atom stereocenters. The van der Waals surface area contributed by atoms with Crippen LogP contribution in [0.4, 0.5) is 5.69 Å². The molecule has 0 amide bonds. The predicted molar refractivity (Wildman–Crippen MR) is 80.4 cm³/mol. The molecule has 1 aromatic heterocycles. The number of aryl methyl sites for hydroxylation is 2. The van der Waals surface area contributed by atoms with Crippen molar-refractivity contribution in [1.82, 2.24) is 0 Å². The molecule has 102 valence electrons. The Kier molecular flexibility index (Phi) is 3.89. The Labute approximate surface area is 124 Å². The third-order valence-electron chi connectivity index (χ3n) is 2.52. The Morgan fingerprint density at radius 2 is 2.00 bits per heavy atom. The number of halogens is 1. The van der Waals surface area contributed by atoms with Gasteiger partial charge in [-0.05, 0) is 58.4 Å². The lowest BCUT2D eigenvalue weighted by atomic mass is 10.1. The third-order valence-corrected chi connectivity index (χ3v) is 6.55. The topological polar surface area (TPSA) is 66.4 Å². The standard InChI is InChI=1S/C12H12BrNO3S2/c1-7-5-8(2)11(15)10(6-7)14-19(16,17)12-9(13)3-4-18-12/h3-6,14-15H,1-2H3. The van der Waals surface area contributed by atoms with Gasteiger partial charge in [0, 0.05) is 4.47 Å². The van der Waals surface area contributed by atoms with E-state index in [9.17, 15) is 13.5 Å². The Balaban J connectivity index is 2.45. The molecule has 0 fully saturated rings. The van der Waals surface area contributed by atoms with Crippen molar-refractivity contribution in [2.75, 3.05) is 4.72 Å². The summed E-state index contributed by atoms with van der Waals surface area (Å²) in [5.74, 6) is -0.0538. The summed E-state index contributed by atoms with van der Waals surface area (Å²) in [6.45, 7) is 3.56. The normalized spacial score (nSPS) is 11.5. The van der Waals surface area contributed by atoms with Crippen molar-refractivity contribution in [3.05, 3.63) is 39.2 Å². The van der Waals surface area contributed by atoms with E-state index < -0.39 is 10.0 Å². The molecule has 0 saturated heterocycles. The third kappa shape index (κ3) is 2.93. The van der Waals surface area contributed by atoms with Crippen molar-refractivity contribution in [2.24, 2.45) is 0 Å². The van der Waals surface area contributed by atoms with Gasteiger partial charge in [0.25, 0.3) is 10.0 Å². The fourth-order valence-corrected chi connectivity index (χ4v) is 5.10. The van der Waals surface area contributed by atoms with Crippen LogP contribution in [-0.4, -0.2) is 13.5 Å². The molecule has 7 heteroatoms. The van der Waals surface area contributed by atoms with Gasteiger partial charge in [-0.2, -0.15) is 0 Å². The number of thiophene rings is 1. The number of nitrogens with one attached hydrogen (secondary N) is 1. The van der Waals surface area contributed by atoms with Gasteiger partial charge in [0.2, 0.25) is 0 Å². The van der Waals surface area contributed by atoms with E-state index in [4.69, 9.17) is 0 Å². The summed E-state index contributed by atoms with van der Waals surface area (Å²) in [7, 11) is -3.70. The summed E-state index contributed by atoms with van der Waals surface area (Å²) in [6.07, 6.45) is 0. The van der Waals surface area contributed by atoms with Crippen LogP contribution >= 0.6 is 27.3 Å². The first-order valence-corrected chi connectivity index (χ1v) is 8.53. The summed E-state index contributed by atoms with van der Waals surface area (Å²) in [5, 5.41) is 11.6. The largest absolute Gasteiger partial charge is 0.505 e. The van der Waals surface area contributed by atoms with Crippen LogP contribution in [0.15, 0.2) is 32.3 Å². The molecule has 19 heavy (non-hydrogen) atoms. The summed E-state index contributed by atoms with van der Waals surface area (Å²) in [4.78, 5) is 0. The number of sulfonamides is 1. The van der Waals surface area contributed by atoms with Crippen LogP contribution in [-0.2, 0) is 10.0 Å². The first-order valence-electron chi connectivity index (χ1n) is 5.37. The molecule has 2 N–H and O–H groups in total. The molecular weight excluding hydrogens is 350 g/mol. The molecule has 4 nitrogen and oxygen atoms in total. The molecular formula is C12H12BrNO3S2. The number of anilines is 1. The van der Waals surface area contributed by atoms with Crippen molar-refractivity contribution < 1.29 is 13.5 Å². The van der Waals surface area contributed by atoms with Gasteiger partial charge in [0.15, 0.2) is 4.21 Å². The highest BCUT2D eigenvalue weighted by molar-refractivity contribution is 9.10. The Morgan fingerprint density at radius 3 is 2.58 bits per heavy atom. The van der Waals surface area contributed by atoms with Crippen LogP contribution in [0.2, 0.25) is 0 Å². The number of benzene rings is 1. The molecule has 0 saturated carbocycles. The van der Waals surface area contributed by atoms with Crippen LogP contribution in [0.1, 0.15) is 11.1 Å². The van der Waals surface area contributed by atoms with Crippen molar-refractivity contribution in [2.45, 2.75) is 18.1 Å². The number of hydrogen-bond acceptors (Lipinski definition) is 4. The van der Waals surface area contributed by atoms with Gasteiger partial charge in [0.1, 0.15) is 5.75 Å². The minimum Gasteiger partial charge on any atom is -0.505 e. The lowest BCUT2D eigenvalue weighted by Crippen LogP contribution is -2.12. The van der Waals surface area contributed by atoms with Crippen molar-refractivity contribution in [1.29, 1.82) is 0 Å². The van der Waals surface area contributed by atoms with Gasteiger partial charge in [0.05, 0.1) is 5.69 Å². The molecule has 1 heterocycles. The van der Waals surface area contributed by atoms with Gasteiger partial charge in [-0.1, -0.05) is 6.07 Å². The fraction of sp³-hybridized carbons (Fsp3) is 0.167. The molecule has 0 unspecified atom stereocenters. The van der Waals surface area contributed by atoms with Crippen LogP contribution < -0.4 is 4.72 Å². The monoisotopic (exact) mass is 361 g/mol. The number of rotatable bonds is 3. The van der Waals surface area contributed by atoms with Crippen LogP contribution in [0.5, 0.6) is 5.75 Å². The van der Waals surface area contributed by atoms with Gasteiger partial charge in [-0.15, -0.1) is 11.3 Å². The zero-order chi connectivity index (χ0) is 14.2. The number of hydrogen-bond donors (Lipinski definition) is 2. The molecule has 0 aliphatic carbocycles. The van der Waals surface area contributed by atoms with Crippen molar-refractivity contribution in [3.63, 3.8) is 0 Å². The summed E-state index contributed by atoms with van der Waals surface area (Å²) in [6, 6.07) is 5.05. The van der Waals surface area contributed by atoms with E-state index in [1.54, 1.807) is 30.5 Å². The second-order valence-corrected chi connectivity index (χ2v) is 7.79. The van der Waals surface area contributed by atoms with Gasteiger partial charge < -0.3 is 5.11 Å². The average Bonchev–Trinajstić information content (AvgIpc) is 2.72. The van der Waals surface area contributed by atoms with Crippen molar-refractivity contribution >= 4 is 43.0 Å². The average molecular weight is 362 g/mol. The highest BCUT2D eigenvalue weighted by Crippen LogP contribution is 2.33. The summed E-state index contributed by atoms with van der Waals surface area (Å²) >= 11 is 4.30. The van der Waals surface area contributed by atoms with Gasteiger partial charge in [-0.3, -0.25) is 4.72 Å². The first-order chi connectivity index (χ1) is 8.81. The van der Waals surface area contributed by atoms with E-state index in [2.05, 4.69) is 20.7 Å². The van der Waals surface area contributed by atoms with E-state index in [-0.39, 0.29) is 15.6 Å². The van der Waals surface area contributed by atoms with Gasteiger partial charge in [-0.25, -0.2) is 8.42 Å². The molecule has 1 aromatic carbocycles. The Hall–Kier alpha value is -1.05. The molecule has 0 radical (unpaired) electrons. The Bertz CT molecular complexity index is 723. The molecule has 0 aliphatic rings. The highest BCUT2D eigenvalue weighted by atomic mass is 79.9. The quantitative estimate of drug-likeness (QED) is 0.820. The Morgan fingerprint density at radius 1 is 1.32 bits per heavy atom. The van der Waals surface area contributed by atoms with Crippen molar-refractivity contribution in [3.8, 4) is 5.75 Å². The zero-order valence-electron chi connectivity index (χ0n) is 10.3. The zero-order valence-corrected chi connectivity index (χ0v) is 13.5. The summed E-state index contributed by atoms with van der Waals surface area (Å²) < 4.78 is 27.5. The number of aromatic hydroxyl groups is 1. The predicted octanol–water partition coefficient (Wildman–Crippen LogP) is 3.63. The van der Waals surface area contributed by atoms with Gasteiger partial charge >= 0.3 is 0 Å². The summed E-state index contributed by atoms with van der Waals surface area (Å²) in [5.41, 5.74) is 1.69. The minimum atomic E-state index is -3.70. The molecule has 0 bridgehead atoms. The second-order valence-electron chi connectivity index (χ2n) is 4.14. The lowest BCUT2D eigenvalue weighted by molar-refractivity contribution is 0.473. The van der Waals surface area contributed by atoms with Crippen LogP contribution in [0, 0.1) is 13.8 Å². The smallest absolute Gasteiger partial charge is 0.272 e. The molecule has 2 rings (SSSR count). The lowest BCUT2D eigenvalue weighted by Gasteiger charge is -2.11. The van der Waals surface area contributed by atoms with Crippen LogP contribution in [0.3, 0.4) is 0 Å². The van der Waals surface area contributed by atoms with E-state index in [0.29, 0.717) is 10.0 Å². The molecule has 2 aromatic rings. The van der Waals surface area contributed by atoms with E-state index in [1.807, 2.05) is 6.92 Å². The minimum absolute atomic E-state index is 0.0538. The maximum Gasteiger partial charge on any atom is 0.272 e. The second kappa shape index (κ2) is 5.15. The maximum atomic E-state index is 12.2. The fourth-order valence-electron chi connectivity index (χ4n) is 1.70. The maximum absolute atomic E-state index is 12.2. The van der Waals surface area contributed by atoms with E-state index in [0.717, 1.165) is 16.9 Å². The molecule has 0 spiro atoms. The van der Waals surface area contributed by atoms with E-state index >= 15 is 0 Å². The highest BCUT2D eigenvalue weighted by Gasteiger charge is 2.21. The number of phenols is 1. The molecule has 0 aliphatic heterocycles. The van der Waals surface area contributed by atoms with E-state index in [1.165, 1.54) is 0 Å². The van der Waals surface area contributed by atoms with Crippen LogP contribution in [0.25, 0.3) is 0 Å².